The van der Waals surface area contributed by atoms with Crippen molar-refractivity contribution in [2.75, 3.05) is 13.2 Å². The Morgan fingerprint density at radius 3 is 1.74 bits per heavy atom. The van der Waals surface area contributed by atoms with Crippen LogP contribution in [0.5, 0.6) is 0 Å². The summed E-state index contributed by atoms with van der Waals surface area (Å²) in [6.45, 7) is 2.19. The van der Waals surface area contributed by atoms with E-state index in [-0.39, 0.29) is 12.8 Å². The molecule has 4 heterocycles. The average molecular weight is 485 g/mol. The van der Waals surface area contributed by atoms with Gasteiger partial charge in [-0.05, 0) is 6.92 Å². The zero-order chi connectivity index (χ0) is 24.7. The van der Waals surface area contributed by atoms with Gasteiger partial charge in [0.1, 0.15) is 24.7 Å². The minimum Gasteiger partial charge on any atom is -0.394 e. The maximum atomic E-state index is 13.1. The highest BCUT2D eigenvalue weighted by Gasteiger charge is 2.82. The second-order valence-corrected chi connectivity index (χ2v) is 9.88. The van der Waals surface area contributed by atoms with E-state index in [0.717, 1.165) is 0 Å². The lowest BCUT2D eigenvalue weighted by atomic mass is 9.41. The third-order valence-corrected chi connectivity index (χ3v) is 8.43. The highest BCUT2D eigenvalue weighted by atomic mass is 16.6. The SMILES string of the molecule is C[C@]12C(=O)NC(=O)N([C@H]3C[C@H](O)[C@@H](CO)O3)[C@H]1[C@H]1N([C@H]3C[C@H](O)[C@@H](CO)O3)C(=O)N[C](O)[C@]12C. The van der Waals surface area contributed by atoms with E-state index in [2.05, 4.69) is 10.6 Å². The third-order valence-electron chi connectivity index (χ3n) is 8.43. The predicted octanol–water partition coefficient (Wildman–Crippen LogP) is -2.87. The van der Waals surface area contributed by atoms with Gasteiger partial charge in [0.25, 0.3) is 0 Å². The van der Waals surface area contributed by atoms with Gasteiger partial charge >= 0.3 is 12.1 Å². The predicted molar refractivity (Wildman–Crippen MR) is 107 cm³/mol. The average Bonchev–Trinajstić information content (AvgIpc) is 3.34. The number of imide groups is 1. The minimum atomic E-state index is -1.42. The van der Waals surface area contributed by atoms with Crippen LogP contribution in [-0.4, -0.2) is 115 Å². The Morgan fingerprint density at radius 2 is 1.29 bits per heavy atom. The monoisotopic (exact) mass is 485 g/mol. The summed E-state index contributed by atoms with van der Waals surface area (Å²) in [6.07, 6.45) is -6.48. The molecule has 5 amide bonds. The zero-order valence-corrected chi connectivity index (χ0v) is 18.6. The van der Waals surface area contributed by atoms with Gasteiger partial charge in [0.2, 0.25) is 5.91 Å². The molecule has 1 saturated carbocycles. The Balaban J connectivity index is 1.56. The lowest BCUT2D eigenvalue weighted by Gasteiger charge is -2.73. The van der Waals surface area contributed by atoms with Crippen LogP contribution in [0.25, 0.3) is 0 Å². The summed E-state index contributed by atoms with van der Waals surface area (Å²) in [7, 11) is 0. The minimum absolute atomic E-state index is 0.0270. The van der Waals surface area contributed by atoms with Gasteiger partial charge in [0.05, 0.1) is 48.3 Å². The second-order valence-electron chi connectivity index (χ2n) is 9.88. The molecule has 14 nitrogen and oxygen atoms in total. The fraction of sp³-hybridized carbons (Fsp3) is 0.800. The van der Waals surface area contributed by atoms with Crippen LogP contribution >= 0.6 is 0 Å². The number of amides is 5. The highest BCUT2D eigenvalue weighted by molar-refractivity contribution is 6.03. The third kappa shape index (κ3) is 2.78. The first-order valence-corrected chi connectivity index (χ1v) is 11.2. The van der Waals surface area contributed by atoms with Gasteiger partial charge in [0, 0.05) is 12.8 Å². The molecule has 7 N–H and O–H groups in total. The molecular formula is C20H29N4O10. The molecule has 1 radical (unpaired) electrons. The standard InChI is InChI=1S/C20H29N4O10/c1-19-13(23(17(31)21-15(19)29)11-3-7(27)9(5-25)33-11)14-20(19,2)16(30)22-18(32)24(14)12-4-8(28)10(6-26)34-12/h7-14,25-29H,3-6H2,1-2H3,(H,21,31)(H,22,30,32)/t7-,8-,9+,10+,11+,12+,13+,14-,19-,20+/m0/s1. The van der Waals surface area contributed by atoms with E-state index in [1.165, 1.54) is 9.80 Å². The van der Waals surface area contributed by atoms with E-state index in [0.29, 0.717) is 0 Å². The number of aliphatic hydroxyl groups excluding tert-OH is 5. The van der Waals surface area contributed by atoms with Crippen LogP contribution in [-0.2, 0) is 14.3 Å². The Kier molecular flexibility index (Phi) is 5.37. The molecule has 5 fully saturated rings. The summed E-state index contributed by atoms with van der Waals surface area (Å²) in [5.41, 5.74) is -2.78. The van der Waals surface area contributed by atoms with Crippen LogP contribution in [0.2, 0.25) is 0 Å². The summed E-state index contributed by atoms with van der Waals surface area (Å²) in [5.74, 6) is -0.655. The molecule has 0 unspecified atom stereocenters. The number of nitrogens with zero attached hydrogens (tertiary/aromatic N) is 2. The van der Waals surface area contributed by atoms with Crippen LogP contribution < -0.4 is 10.6 Å². The van der Waals surface area contributed by atoms with Gasteiger partial charge in [0.15, 0.2) is 6.23 Å². The van der Waals surface area contributed by atoms with E-state index < -0.39 is 97.2 Å². The smallest absolute Gasteiger partial charge is 0.326 e. The second kappa shape index (κ2) is 7.71. The molecule has 34 heavy (non-hydrogen) atoms. The molecule has 0 aromatic rings. The number of nitrogens with one attached hydrogen (secondary N) is 2. The van der Waals surface area contributed by atoms with Gasteiger partial charge in [-0.1, -0.05) is 6.92 Å². The van der Waals surface area contributed by atoms with Gasteiger partial charge in [-0.15, -0.1) is 0 Å². The summed E-state index contributed by atoms with van der Waals surface area (Å²) in [4.78, 5) is 41.7. The highest BCUT2D eigenvalue weighted by Crippen LogP contribution is 2.67. The molecular weight excluding hydrogens is 456 g/mol. The number of carbonyl (C=O) groups excluding carboxylic acids is 3. The topological polar surface area (TPSA) is 201 Å². The Morgan fingerprint density at radius 1 is 0.853 bits per heavy atom. The molecule has 1 aliphatic carbocycles. The molecule has 0 spiro atoms. The van der Waals surface area contributed by atoms with E-state index in [1.54, 1.807) is 13.8 Å². The van der Waals surface area contributed by atoms with Crippen molar-refractivity contribution in [1.29, 1.82) is 0 Å². The van der Waals surface area contributed by atoms with Crippen molar-refractivity contribution in [1.82, 2.24) is 20.4 Å². The molecule has 0 bridgehead atoms. The first-order valence-electron chi connectivity index (χ1n) is 11.2. The molecule has 0 aromatic heterocycles. The normalized spacial score (nSPS) is 48.9. The number of rotatable bonds is 4. The Hall–Kier alpha value is -2.07. The lowest BCUT2D eigenvalue weighted by Crippen LogP contribution is -2.91. The first-order chi connectivity index (χ1) is 16.0. The van der Waals surface area contributed by atoms with E-state index in [1.807, 2.05) is 0 Å². The fourth-order valence-corrected chi connectivity index (χ4v) is 6.33. The fourth-order valence-electron chi connectivity index (χ4n) is 6.33. The number of carbonyl (C=O) groups is 3. The van der Waals surface area contributed by atoms with Crippen LogP contribution in [0.1, 0.15) is 26.7 Å². The van der Waals surface area contributed by atoms with Crippen LogP contribution in [0.3, 0.4) is 0 Å². The van der Waals surface area contributed by atoms with Crippen molar-refractivity contribution in [2.45, 2.75) is 75.6 Å². The van der Waals surface area contributed by atoms with E-state index in [9.17, 15) is 39.9 Å². The number of aliphatic hydroxyl groups is 5. The maximum Gasteiger partial charge on any atom is 0.326 e. The van der Waals surface area contributed by atoms with E-state index in [4.69, 9.17) is 9.47 Å². The van der Waals surface area contributed by atoms with Crippen molar-refractivity contribution in [3.63, 3.8) is 0 Å². The summed E-state index contributed by atoms with van der Waals surface area (Å²) < 4.78 is 11.4. The van der Waals surface area contributed by atoms with Gasteiger partial charge in [-0.3, -0.25) is 19.9 Å². The molecule has 10 atom stereocenters. The molecule has 4 saturated heterocycles. The van der Waals surface area contributed by atoms with Gasteiger partial charge in [-0.25, -0.2) is 9.59 Å². The molecule has 5 rings (SSSR count). The number of hydrogen-bond acceptors (Lipinski definition) is 10. The lowest BCUT2D eigenvalue weighted by molar-refractivity contribution is -0.258. The van der Waals surface area contributed by atoms with Crippen LogP contribution in [0, 0.1) is 17.1 Å². The maximum absolute atomic E-state index is 13.1. The number of hydrogen-bond donors (Lipinski definition) is 7. The Labute approximate surface area is 194 Å². The van der Waals surface area contributed by atoms with E-state index >= 15 is 0 Å². The molecule has 0 aromatic carbocycles. The van der Waals surface area contributed by atoms with Crippen molar-refractivity contribution in [3.8, 4) is 0 Å². The van der Waals surface area contributed by atoms with Crippen LogP contribution in [0.4, 0.5) is 9.59 Å². The molecule has 14 heteroatoms. The Bertz CT molecular complexity index is 907. The number of ether oxygens (including phenoxy) is 2. The summed E-state index contributed by atoms with van der Waals surface area (Å²) >= 11 is 0. The number of urea groups is 2. The van der Waals surface area contributed by atoms with Crippen molar-refractivity contribution >= 4 is 18.0 Å². The van der Waals surface area contributed by atoms with Crippen LogP contribution in [0.15, 0.2) is 0 Å². The largest absolute Gasteiger partial charge is 0.394 e. The zero-order valence-electron chi connectivity index (χ0n) is 18.6. The van der Waals surface area contributed by atoms with Gasteiger partial charge in [-0.2, -0.15) is 0 Å². The summed E-state index contributed by atoms with van der Waals surface area (Å²) in [6, 6.07) is -3.51. The quantitative estimate of drug-likeness (QED) is 0.217. The van der Waals surface area contributed by atoms with Crippen molar-refractivity contribution < 1.29 is 49.4 Å². The summed E-state index contributed by atoms with van der Waals surface area (Å²) in [5, 5.41) is 54.9. The molecule has 5 aliphatic rings. The van der Waals surface area contributed by atoms with Gasteiger partial charge < -0.3 is 40.3 Å². The van der Waals surface area contributed by atoms with Crippen molar-refractivity contribution in [3.05, 3.63) is 6.23 Å². The number of fused-ring (bicyclic) bond motifs is 4. The molecule has 189 valence electrons. The first kappa shape index (κ1) is 23.7. The molecule has 4 aliphatic heterocycles. The van der Waals surface area contributed by atoms with Crippen molar-refractivity contribution in [2.24, 2.45) is 10.8 Å².